The fraction of sp³-hybridized carbons (Fsp3) is 0.500. The molecule has 2 heteroatoms. The van der Waals surface area contributed by atoms with E-state index in [9.17, 15) is 4.79 Å². The Morgan fingerprint density at radius 3 is 2.50 bits per heavy atom. The lowest BCUT2D eigenvalue weighted by Gasteiger charge is -1.87. The Morgan fingerprint density at radius 2 is 2.10 bits per heavy atom. The predicted molar refractivity (Wildman–Crippen MR) is 43.5 cm³/mol. The molecule has 56 valence electrons. The van der Waals surface area contributed by atoms with Gasteiger partial charge < -0.3 is 0 Å². The van der Waals surface area contributed by atoms with Gasteiger partial charge in [-0.25, -0.2) is 0 Å². The van der Waals surface area contributed by atoms with Gasteiger partial charge in [0.15, 0.2) is 5.78 Å². The Bertz CT molecular complexity index is 168. The molecule has 0 saturated carbocycles. The summed E-state index contributed by atoms with van der Waals surface area (Å²) < 4.78 is 0. The Kier molecular flexibility index (Phi) is 4.46. The van der Waals surface area contributed by atoms with Crippen LogP contribution in [0.4, 0.5) is 0 Å². The van der Waals surface area contributed by atoms with Gasteiger partial charge in [-0.2, -0.15) is 0 Å². The van der Waals surface area contributed by atoms with E-state index < -0.39 is 0 Å². The predicted octanol–water partition coefficient (Wildman–Crippen LogP) is 1.61. The van der Waals surface area contributed by atoms with Crippen LogP contribution in [0.2, 0.25) is 0 Å². The molecule has 0 unspecified atom stereocenters. The highest BCUT2D eigenvalue weighted by molar-refractivity contribution is 5.96. The van der Waals surface area contributed by atoms with Crippen molar-refractivity contribution in [3.05, 3.63) is 11.6 Å². The molecule has 0 aliphatic carbocycles. The van der Waals surface area contributed by atoms with E-state index in [1.54, 1.807) is 26.1 Å². The van der Waals surface area contributed by atoms with Crippen LogP contribution in [0.3, 0.4) is 0 Å². The van der Waals surface area contributed by atoms with Gasteiger partial charge in [0.25, 0.3) is 0 Å². The van der Waals surface area contributed by atoms with Crippen LogP contribution in [-0.4, -0.2) is 18.5 Å². The first-order chi connectivity index (χ1) is 4.68. The van der Waals surface area contributed by atoms with E-state index >= 15 is 0 Å². The zero-order valence-electron chi connectivity index (χ0n) is 6.72. The molecule has 0 saturated heterocycles. The van der Waals surface area contributed by atoms with E-state index in [4.69, 9.17) is 0 Å². The van der Waals surface area contributed by atoms with Crippen LogP contribution in [0.25, 0.3) is 0 Å². The van der Waals surface area contributed by atoms with Gasteiger partial charge in [0.05, 0.1) is 0 Å². The average molecular weight is 139 g/mol. The van der Waals surface area contributed by atoms with Crippen LogP contribution in [-0.2, 0) is 4.79 Å². The van der Waals surface area contributed by atoms with Crippen molar-refractivity contribution >= 4 is 12.0 Å². The van der Waals surface area contributed by atoms with Gasteiger partial charge in [0.1, 0.15) is 0 Å². The molecule has 10 heavy (non-hydrogen) atoms. The van der Waals surface area contributed by atoms with Crippen LogP contribution in [0.15, 0.2) is 16.6 Å². The van der Waals surface area contributed by atoms with Gasteiger partial charge in [-0.1, -0.05) is 0 Å². The summed E-state index contributed by atoms with van der Waals surface area (Å²) in [5.74, 6) is 0.0996. The van der Waals surface area contributed by atoms with Gasteiger partial charge in [-0.05, 0) is 32.4 Å². The van der Waals surface area contributed by atoms with Crippen molar-refractivity contribution in [1.29, 1.82) is 0 Å². The Morgan fingerprint density at radius 1 is 1.50 bits per heavy atom. The molecule has 0 aromatic carbocycles. The summed E-state index contributed by atoms with van der Waals surface area (Å²) in [6.45, 7) is 6.05. The normalized spacial score (nSPS) is 12.5. The van der Waals surface area contributed by atoms with Gasteiger partial charge >= 0.3 is 0 Å². The Labute approximate surface area is 61.7 Å². The minimum atomic E-state index is 0.0996. The van der Waals surface area contributed by atoms with Crippen molar-refractivity contribution in [3.63, 3.8) is 0 Å². The minimum absolute atomic E-state index is 0.0996. The second-order valence-corrected chi connectivity index (χ2v) is 2.05. The molecule has 0 radical (unpaired) electrons. The summed E-state index contributed by atoms with van der Waals surface area (Å²) in [5.41, 5.74) is 0.747. The third-order valence-corrected chi connectivity index (χ3v) is 1.17. The molecular weight excluding hydrogens is 126 g/mol. The largest absolute Gasteiger partial charge is 0.295 e. The molecule has 0 aromatic heterocycles. The fourth-order valence-electron chi connectivity index (χ4n) is 0.387. The van der Waals surface area contributed by atoms with Gasteiger partial charge in [-0.3, -0.25) is 9.79 Å². The maximum atomic E-state index is 10.6. The highest BCUT2D eigenvalue weighted by Crippen LogP contribution is 1.90. The van der Waals surface area contributed by atoms with E-state index in [2.05, 4.69) is 4.99 Å². The molecule has 0 aliphatic rings. The summed E-state index contributed by atoms with van der Waals surface area (Å²) >= 11 is 0. The number of aliphatic imine (C=N–C) groups is 1. The first kappa shape index (κ1) is 9.08. The first-order valence-electron chi connectivity index (χ1n) is 3.36. The van der Waals surface area contributed by atoms with Gasteiger partial charge in [0, 0.05) is 12.8 Å². The molecule has 2 nitrogen and oxygen atoms in total. The molecule has 0 rings (SSSR count). The van der Waals surface area contributed by atoms with Crippen molar-refractivity contribution in [2.24, 2.45) is 4.99 Å². The first-order valence-corrected chi connectivity index (χ1v) is 3.36. The molecule has 0 fully saturated rings. The highest BCUT2D eigenvalue weighted by Gasteiger charge is 1.91. The maximum absolute atomic E-state index is 10.6. The fourth-order valence-corrected chi connectivity index (χ4v) is 0.387. The molecule has 0 spiro atoms. The number of carbonyl (C=O) groups excluding carboxylic acids is 1. The Balaban J connectivity index is 3.92. The van der Waals surface area contributed by atoms with Crippen LogP contribution >= 0.6 is 0 Å². The van der Waals surface area contributed by atoms with E-state index in [0.29, 0.717) is 0 Å². The molecule has 0 bridgehead atoms. The van der Waals surface area contributed by atoms with Crippen molar-refractivity contribution in [1.82, 2.24) is 0 Å². The molecular formula is C8H13NO. The third kappa shape index (κ3) is 4.01. The quantitative estimate of drug-likeness (QED) is 0.431. The highest BCUT2D eigenvalue weighted by atomic mass is 16.1. The van der Waals surface area contributed by atoms with E-state index in [-0.39, 0.29) is 5.78 Å². The summed E-state index contributed by atoms with van der Waals surface area (Å²) in [5, 5.41) is 0. The smallest absolute Gasteiger partial charge is 0.155 e. The van der Waals surface area contributed by atoms with Crippen molar-refractivity contribution in [3.8, 4) is 0 Å². The van der Waals surface area contributed by atoms with Crippen LogP contribution < -0.4 is 0 Å². The number of hydrogen-bond acceptors (Lipinski definition) is 2. The number of allylic oxidation sites excluding steroid dienone is 2. The van der Waals surface area contributed by atoms with Crippen molar-refractivity contribution in [2.75, 3.05) is 6.54 Å². The summed E-state index contributed by atoms with van der Waals surface area (Å²) in [6, 6.07) is 0. The lowest BCUT2D eigenvalue weighted by molar-refractivity contribution is -0.113. The maximum Gasteiger partial charge on any atom is 0.155 e. The lowest BCUT2D eigenvalue weighted by atomic mass is 10.2. The van der Waals surface area contributed by atoms with E-state index in [1.807, 2.05) is 6.92 Å². The topological polar surface area (TPSA) is 29.4 Å². The number of Topliss-reactive ketones (excluding diaryl/α,β-unsaturated/α-hetero) is 1. The minimum Gasteiger partial charge on any atom is -0.295 e. The molecule has 0 aliphatic heterocycles. The summed E-state index contributed by atoms with van der Waals surface area (Å²) in [6.07, 6.45) is 3.39. The number of rotatable bonds is 3. The second-order valence-electron chi connectivity index (χ2n) is 2.05. The van der Waals surface area contributed by atoms with E-state index in [1.165, 1.54) is 0 Å². The van der Waals surface area contributed by atoms with Gasteiger partial charge in [0.2, 0.25) is 0 Å². The van der Waals surface area contributed by atoms with Crippen LogP contribution in [0.5, 0.6) is 0 Å². The zero-order chi connectivity index (χ0) is 7.98. The van der Waals surface area contributed by atoms with E-state index in [0.717, 1.165) is 12.1 Å². The summed E-state index contributed by atoms with van der Waals surface area (Å²) in [4.78, 5) is 14.5. The van der Waals surface area contributed by atoms with Gasteiger partial charge in [-0.15, -0.1) is 0 Å². The standard InChI is InChI=1S/C8H13NO/c1-4-9-6-5-7(2)8(3)10/h5-6H,4H2,1-3H3/b7-5+,9-6?. The number of carbonyl (C=O) groups is 1. The third-order valence-electron chi connectivity index (χ3n) is 1.17. The SMILES string of the molecule is CCN=C/C=C(\C)C(C)=O. The monoisotopic (exact) mass is 139 g/mol. The molecule has 0 heterocycles. The second kappa shape index (κ2) is 4.91. The van der Waals surface area contributed by atoms with Crippen LogP contribution in [0, 0.1) is 0 Å². The molecule has 0 atom stereocenters. The van der Waals surface area contributed by atoms with Crippen molar-refractivity contribution in [2.45, 2.75) is 20.8 Å². The van der Waals surface area contributed by atoms with Crippen molar-refractivity contribution < 1.29 is 4.79 Å². The number of nitrogens with zero attached hydrogens (tertiary/aromatic N) is 1. The number of ketones is 1. The Hall–Kier alpha value is -0.920. The average Bonchev–Trinajstić information content (AvgIpc) is 1.88. The lowest BCUT2D eigenvalue weighted by Crippen LogP contribution is -1.90. The van der Waals surface area contributed by atoms with Crippen LogP contribution in [0.1, 0.15) is 20.8 Å². The summed E-state index contributed by atoms with van der Waals surface area (Å²) in [7, 11) is 0. The molecule has 0 aromatic rings. The molecule has 0 N–H and O–H groups in total. The zero-order valence-corrected chi connectivity index (χ0v) is 6.72. The molecule has 0 amide bonds. The number of hydrogen-bond donors (Lipinski definition) is 0.